The van der Waals surface area contributed by atoms with Crippen molar-refractivity contribution in [3.63, 3.8) is 0 Å². The van der Waals surface area contributed by atoms with Crippen molar-refractivity contribution < 1.29 is 9.50 Å². The molecule has 1 saturated carbocycles. The molecule has 2 aromatic rings. The number of aromatic nitrogens is 2. The van der Waals surface area contributed by atoms with Gasteiger partial charge in [-0.3, -0.25) is 0 Å². The minimum Gasteiger partial charge on any atom is -0.392 e. The molecule has 2 bridgehead atoms. The van der Waals surface area contributed by atoms with Crippen LogP contribution in [0, 0.1) is 17.2 Å². The number of benzene rings is 1. The molecule has 27 heavy (non-hydrogen) atoms. The highest BCUT2D eigenvalue weighted by Gasteiger charge is 2.47. The Kier molecular flexibility index (Phi) is 4.13. The van der Waals surface area contributed by atoms with Crippen LogP contribution in [0.3, 0.4) is 0 Å². The number of hydrogen-bond donors (Lipinski definition) is 2. The summed E-state index contributed by atoms with van der Waals surface area (Å²) < 4.78 is 16.8. The van der Waals surface area contributed by atoms with E-state index in [0.717, 1.165) is 37.1 Å². The maximum Gasteiger partial charge on any atom is 0.129 e. The zero-order valence-electron chi connectivity index (χ0n) is 15.9. The fourth-order valence-electron chi connectivity index (χ4n) is 6.07. The molecule has 5 unspecified atom stereocenters. The molecule has 3 aliphatic rings. The maximum absolute atomic E-state index is 14.7. The molecule has 2 N–H and O–H groups in total. The van der Waals surface area contributed by atoms with Crippen LogP contribution < -0.4 is 5.32 Å². The number of nitrogens with one attached hydrogen (secondary N) is 1. The van der Waals surface area contributed by atoms with Crippen molar-refractivity contribution in [2.24, 2.45) is 11.3 Å². The van der Waals surface area contributed by atoms with Gasteiger partial charge in [0.1, 0.15) is 5.82 Å². The number of nitrogens with zero attached hydrogens (tertiary/aromatic N) is 2. The van der Waals surface area contributed by atoms with Crippen LogP contribution in [0.25, 0.3) is 11.3 Å². The third kappa shape index (κ3) is 2.66. The van der Waals surface area contributed by atoms with Crippen LogP contribution in [-0.4, -0.2) is 33.3 Å². The van der Waals surface area contributed by atoms with Crippen LogP contribution in [-0.2, 0) is 0 Å². The predicted molar refractivity (Wildman–Crippen MR) is 103 cm³/mol. The summed E-state index contributed by atoms with van der Waals surface area (Å²) in [6.07, 6.45) is 9.21. The molecular weight excluding hydrogens is 341 g/mol. The minimum atomic E-state index is -0.446. The van der Waals surface area contributed by atoms with Crippen molar-refractivity contribution in [2.45, 2.75) is 63.6 Å². The number of imidazole rings is 1. The second kappa shape index (κ2) is 6.42. The quantitative estimate of drug-likeness (QED) is 0.859. The van der Waals surface area contributed by atoms with Crippen molar-refractivity contribution >= 4 is 0 Å². The molecule has 5 atom stereocenters. The highest BCUT2D eigenvalue weighted by Crippen LogP contribution is 2.51. The van der Waals surface area contributed by atoms with Crippen LogP contribution in [0.5, 0.6) is 0 Å². The Hall–Kier alpha value is -1.72. The standard InChI is InChI=1S/C22H28FN3O/c1-2-22(10-14-6-7-25-15(8-14)11-22)20(27)9-18-21-16(4-3-5-17(21)23)19-12-24-13-26(18)19/h3-5,12-15,18,20,25,27H,2,6-11H2,1H3. The molecule has 0 radical (unpaired) electrons. The van der Waals surface area contributed by atoms with E-state index in [1.807, 2.05) is 10.6 Å². The Morgan fingerprint density at radius 3 is 3.11 bits per heavy atom. The lowest BCUT2D eigenvalue weighted by molar-refractivity contribution is -0.0500. The first-order chi connectivity index (χ1) is 13.1. The van der Waals surface area contributed by atoms with E-state index in [-0.39, 0.29) is 17.3 Å². The van der Waals surface area contributed by atoms with Crippen LogP contribution in [0.15, 0.2) is 30.7 Å². The average molecular weight is 369 g/mol. The van der Waals surface area contributed by atoms with Crippen LogP contribution in [0.4, 0.5) is 4.39 Å². The van der Waals surface area contributed by atoms with Gasteiger partial charge in [-0.05, 0) is 62.5 Å². The number of aliphatic hydroxyl groups is 1. The third-order valence-corrected chi connectivity index (χ3v) is 7.47. The van der Waals surface area contributed by atoms with E-state index in [1.54, 1.807) is 18.6 Å². The van der Waals surface area contributed by atoms with Crippen LogP contribution >= 0.6 is 0 Å². The molecule has 2 aliphatic heterocycles. The van der Waals surface area contributed by atoms with E-state index >= 15 is 0 Å². The first kappa shape index (κ1) is 17.4. The Morgan fingerprint density at radius 2 is 2.30 bits per heavy atom. The molecule has 5 heteroatoms. The van der Waals surface area contributed by atoms with Crippen molar-refractivity contribution in [2.75, 3.05) is 6.54 Å². The number of piperidine rings is 1. The SMILES string of the molecule is CCC1(C(O)CC2c3c(F)cccc3-c3cncn32)CC2CCNC(C2)C1. The van der Waals surface area contributed by atoms with Gasteiger partial charge in [0.15, 0.2) is 0 Å². The van der Waals surface area contributed by atoms with Gasteiger partial charge in [0.25, 0.3) is 0 Å². The molecule has 0 amide bonds. The molecule has 5 rings (SSSR count). The Labute approximate surface area is 159 Å². The second-order valence-electron chi connectivity index (χ2n) is 8.82. The molecule has 1 saturated heterocycles. The molecule has 2 fully saturated rings. The summed E-state index contributed by atoms with van der Waals surface area (Å²) in [4.78, 5) is 4.28. The van der Waals surface area contributed by atoms with Gasteiger partial charge in [-0.2, -0.15) is 0 Å². The van der Waals surface area contributed by atoms with Gasteiger partial charge in [-0.25, -0.2) is 9.37 Å². The van der Waals surface area contributed by atoms with E-state index in [9.17, 15) is 9.50 Å². The van der Waals surface area contributed by atoms with Crippen molar-refractivity contribution in [1.29, 1.82) is 0 Å². The lowest BCUT2D eigenvalue weighted by atomic mass is 9.60. The molecule has 3 heterocycles. The van der Waals surface area contributed by atoms with Gasteiger partial charge >= 0.3 is 0 Å². The zero-order valence-corrected chi connectivity index (χ0v) is 15.9. The number of fused-ring (bicyclic) bond motifs is 5. The molecule has 4 nitrogen and oxygen atoms in total. The summed E-state index contributed by atoms with van der Waals surface area (Å²) in [6, 6.07) is 5.59. The highest BCUT2D eigenvalue weighted by atomic mass is 19.1. The van der Waals surface area contributed by atoms with Gasteiger partial charge in [-0.1, -0.05) is 19.1 Å². The van der Waals surface area contributed by atoms with Crippen molar-refractivity contribution in [3.05, 3.63) is 42.1 Å². The minimum absolute atomic E-state index is 0.0737. The van der Waals surface area contributed by atoms with Crippen LogP contribution in [0.2, 0.25) is 0 Å². The molecule has 144 valence electrons. The van der Waals surface area contributed by atoms with E-state index in [0.29, 0.717) is 23.9 Å². The van der Waals surface area contributed by atoms with Crippen molar-refractivity contribution in [3.8, 4) is 11.3 Å². The Morgan fingerprint density at radius 1 is 1.41 bits per heavy atom. The molecular formula is C22H28FN3O. The zero-order chi connectivity index (χ0) is 18.6. The van der Waals surface area contributed by atoms with E-state index in [1.165, 1.54) is 18.9 Å². The number of halogens is 1. The highest BCUT2D eigenvalue weighted by molar-refractivity contribution is 5.69. The van der Waals surface area contributed by atoms with Gasteiger partial charge in [0.05, 0.1) is 30.4 Å². The fourth-order valence-corrected chi connectivity index (χ4v) is 6.07. The van der Waals surface area contributed by atoms with E-state index in [2.05, 4.69) is 17.2 Å². The molecule has 1 aromatic heterocycles. The fraction of sp³-hybridized carbons (Fsp3) is 0.591. The first-order valence-corrected chi connectivity index (χ1v) is 10.3. The van der Waals surface area contributed by atoms with Gasteiger partial charge in [-0.15, -0.1) is 0 Å². The summed E-state index contributed by atoms with van der Waals surface area (Å²) in [5, 5.41) is 15.1. The average Bonchev–Trinajstić information content (AvgIpc) is 3.24. The first-order valence-electron chi connectivity index (χ1n) is 10.3. The number of aliphatic hydroxyl groups excluding tert-OH is 1. The largest absolute Gasteiger partial charge is 0.392 e. The summed E-state index contributed by atoms with van der Waals surface area (Å²) in [7, 11) is 0. The normalized spacial score (nSPS) is 32.8. The van der Waals surface area contributed by atoms with E-state index in [4.69, 9.17) is 0 Å². The van der Waals surface area contributed by atoms with Gasteiger partial charge in [0.2, 0.25) is 0 Å². The smallest absolute Gasteiger partial charge is 0.129 e. The third-order valence-electron chi connectivity index (χ3n) is 7.47. The molecule has 1 aliphatic carbocycles. The molecule has 0 spiro atoms. The number of rotatable bonds is 4. The Balaban J connectivity index is 1.47. The van der Waals surface area contributed by atoms with E-state index < -0.39 is 6.10 Å². The predicted octanol–water partition coefficient (Wildman–Crippen LogP) is 3.90. The van der Waals surface area contributed by atoms with Gasteiger partial charge < -0.3 is 15.0 Å². The summed E-state index contributed by atoms with van der Waals surface area (Å²) in [5.41, 5.74) is 2.51. The van der Waals surface area contributed by atoms with Crippen molar-refractivity contribution in [1.82, 2.24) is 14.9 Å². The summed E-state index contributed by atoms with van der Waals surface area (Å²) in [5.74, 6) is 0.525. The monoisotopic (exact) mass is 369 g/mol. The Bertz CT molecular complexity index is 836. The summed E-state index contributed by atoms with van der Waals surface area (Å²) in [6.45, 7) is 3.31. The molecule has 1 aromatic carbocycles. The second-order valence-corrected chi connectivity index (χ2v) is 8.82. The lowest BCUT2D eigenvalue weighted by Gasteiger charge is -2.50. The number of hydrogen-bond acceptors (Lipinski definition) is 3. The van der Waals surface area contributed by atoms with Gasteiger partial charge in [0, 0.05) is 17.2 Å². The summed E-state index contributed by atoms with van der Waals surface area (Å²) >= 11 is 0. The van der Waals surface area contributed by atoms with Crippen LogP contribution in [0.1, 0.15) is 57.1 Å². The maximum atomic E-state index is 14.7. The lowest BCUT2D eigenvalue weighted by Crippen LogP contribution is -2.52. The topological polar surface area (TPSA) is 50.1 Å².